The molecule has 0 aliphatic carbocycles. The molecule has 0 saturated carbocycles. The summed E-state index contributed by atoms with van der Waals surface area (Å²) in [4.78, 5) is 21.4. The Morgan fingerprint density at radius 2 is 2.11 bits per heavy atom. The van der Waals surface area contributed by atoms with Gasteiger partial charge >= 0.3 is 11.7 Å². The summed E-state index contributed by atoms with van der Waals surface area (Å²) >= 11 is 1.08. The number of hydrogen-bond donors (Lipinski definition) is 1. The molecule has 0 aliphatic heterocycles. The van der Waals surface area contributed by atoms with Gasteiger partial charge in [-0.3, -0.25) is 10.1 Å². The fourth-order valence-electron chi connectivity index (χ4n) is 1.61. The van der Waals surface area contributed by atoms with Crippen molar-refractivity contribution in [2.75, 3.05) is 7.11 Å². The molecule has 1 aromatic heterocycles. The molecule has 0 bridgehead atoms. The van der Waals surface area contributed by atoms with Gasteiger partial charge < -0.3 is 9.84 Å². The molecule has 0 fully saturated rings. The lowest BCUT2D eigenvalue weighted by molar-refractivity contribution is -0.385. The number of ether oxygens (including phenoxy) is 1. The van der Waals surface area contributed by atoms with Gasteiger partial charge in [0.25, 0.3) is 0 Å². The Labute approximate surface area is 112 Å². The Bertz CT molecular complexity index is 649. The minimum atomic E-state index is -1.01. The second-order valence-corrected chi connectivity index (χ2v) is 4.56. The van der Waals surface area contributed by atoms with E-state index in [4.69, 9.17) is 9.84 Å². The number of carbonyl (C=O) groups is 1. The largest absolute Gasteiger partial charge is 0.490 e. The van der Waals surface area contributed by atoms with E-state index in [0.717, 1.165) is 11.3 Å². The first-order chi connectivity index (χ1) is 9.02. The number of thiophene rings is 1. The Hall–Kier alpha value is -2.41. The van der Waals surface area contributed by atoms with Crippen molar-refractivity contribution < 1.29 is 19.6 Å². The molecule has 0 aliphatic rings. The van der Waals surface area contributed by atoms with Crippen LogP contribution in [0.25, 0.3) is 11.1 Å². The highest BCUT2D eigenvalue weighted by Crippen LogP contribution is 2.33. The molecule has 1 aromatic carbocycles. The maximum atomic E-state index is 10.9. The number of nitrogens with zero attached hydrogens (tertiary/aromatic N) is 1. The fourth-order valence-corrected chi connectivity index (χ4v) is 2.37. The molecule has 2 rings (SSSR count). The summed E-state index contributed by atoms with van der Waals surface area (Å²) in [5, 5.41) is 21.4. The highest BCUT2D eigenvalue weighted by Gasteiger charge is 2.17. The topological polar surface area (TPSA) is 89.7 Å². The van der Waals surface area contributed by atoms with E-state index < -0.39 is 10.9 Å². The summed E-state index contributed by atoms with van der Waals surface area (Å²) in [6.07, 6.45) is 0. The van der Waals surface area contributed by atoms with Gasteiger partial charge in [0, 0.05) is 6.07 Å². The van der Waals surface area contributed by atoms with E-state index in [0.29, 0.717) is 11.1 Å². The van der Waals surface area contributed by atoms with Gasteiger partial charge in [-0.05, 0) is 28.6 Å². The number of nitro groups is 1. The van der Waals surface area contributed by atoms with Crippen LogP contribution in [-0.4, -0.2) is 23.1 Å². The first-order valence-corrected chi connectivity index (χ1v) is 6.05. The van der Waals surface area contributed by atoms with Crippen molar-refractivity contribution in [3.63, 3.8) is 0 Å². The lowest BCUT2D eigenvalue weighted by Gasteiger charge is -2.03. The molecule has 98 valence electrons. The van der Waals surface area contributed by atoms with Crippen LogP contribution >= 0.6 is 11.3 Å². The highest BCUT2D eigenvalue weighted by atomic mass is 32.1. The second-order valence-electron chi connectivity index (χ2n) is 3.65. The molecule has 6 nitrogen and oxygen atoms in total. The van der Waals surface area contributed by atoms with E-state index in [-0.39, 0.29) is 16.3 Å². The third-order valence-electron chi connectivity index (χ3n) is 2.52. The third kappa shape index (κ3) is 2.55. The SMILES string of the molecule is COc1ccc(-c2csc(C(=O)O)c2)cc1[N+](=O)[O-]. The van der Waals surface area contributed by atoms with Gasteiger partial charge in [-0.15, -0.1) is 11.3 Å². The van der Waals surface area contributed by atoms with Gasteiger partial charge in [-0.25, -0.2) is 4.79 Å². The minimum Gasteiger partial charge on any atom is -0.490 e. The fraction of sp³-hybridized carbons (Fsp3) is 0.0833. The first kappa shape index (κ1) is 13.0. The zero-order chi connectivity index (χ0) is 14.0. The molecule has 0 saturated heterocycles. The summed E-state index contributed by atoms with van der Waals surface area (Å²) < 4.78 is 4.91. The van der Waals surface area contributed by atoms with E-state index >= 15 is 0 Å². The molecular weight excluding hydrogens is 270 g/mol. The monoisotopic (exact) mass is 279 g/mol. The van der Waals surface area contributed by atoms with Crippen LogP contribution < -0.4 is 4.74 Å². The third-order valence-corrected chi connectivity index (χ3v) is 3.44. The minimum absolute atomic E-state index is 0.150. The highest BCUT2D eigenvalue weighted by molar-refractivity contribution is 7.12. The van der Waals surface area contributed by atoms with Crippen LogP contribution in [0, 0.1) is 10.1 Å². The maximum Gasteiger partial charge on any atom is 0.345 e. The van der Waals surface area contributed by atoms with E-state index in [1.54, 1.807) is 11.4 Å². The zero-order valence-electron chi connectivity index (χ0n) is 9.82. The predicted octanol–water partition coefficient (Wildman–Crippen LogP) is 3.03. The van der Waals surface area contributed by atoms with Gasteiger partial charge in [0.05, 0.1) is 12.0 Å². The van der Waals surface area contributed by atoms with Gasteiger partial charge in [0.1, 0.15) is 4.88 Å². The molecular formula is C12H9NO5S. The number of carboxylic acid groups (broad SMARTS) is 1. The predicted molar refractivity (Wildman–Crippen MR) is 69.9 cm³/mol. The van der Waals surface area contributed by atoms with Crippen molar-refractivity contribution in [3.05, 3.63) is 44.6 Å². The van der Waals surface area contributed by atoms with Crippen molar-refractivity contribution in [3.8, 4) is 16.9 Å². The molecule has 0 radical (unpaired) electrons. The molecule has 0 atom stereocenters. The van der Waals surface area contributed by atoms with E-state index in [9.17, 15) is 14.9 Å². The van der Waals surface area contributed by atoms with Crippen molar-refractivity contribution in [1.82, 2.24) is 0 Å². The number of rotatable bonds is 4. The number of methoxy groups -OCH3 is 1. The van der Waals surface area contributed by atoms with Crippen LogP contribution in [0.4, 0.5) is 5.69 Å². The molecule has 2 aromatic rings. The van der Waals surface area contributed by atoms with Gasteiger partial charge in [0.15, 0.2) is 5.75 Å². The van der Waals surface area contributed by atoms with Crippen LogP contribution in [0.1, 0.15) is 9.67 Å². The summed E-state index contributed by atoms with van der Waals surface area (Å²) in [5.41, 5.74) is 1.06. The molecule has 0 spiro atoms. The van der Waals surface area contributed by atoms with Gasteiger partial charge in [0.2, 0.25) is 0 Å². The molecule has 7 heteroatoms. The smallest absolute Gasteiger partial charge is 0.345 e. The average Bonchev–Trinajstić information content (AvgIpc) is 2.87. The van der Waals surface area contributed by atoms with Crippen molar-refractivity contribution in [1.29, 1.82) is 0 Å². The summed E-state index contributed by atoms with van der Waals surface area (Å²) in [6.45, 7) is 0. The molecule has 1 N–H and O–H groups in total. The van der Waals surface area contributed by atoms with E-state index in [2.05, 4.69) is 0 Å². The Kier molecular flexibility index (Phi) is 3.48. The van der Waals surface area contributed by atoms with Crippen LogP contribution in [0.3, 0.4) is 0 Å². The van der Waals surface area contributed by atoms with Crippen molar-refractivity contribution in [2.24, 2.45) is 0 Å². The Morgan fingerprint density at radius 1 is 1.37 bits per heavy atom. The quantitative estimate of drug-likeness (QED) is 0.686. The first-order valence-electron chi connectivity index (χ1n) is 5.17. The summed E-state index contributed by atoms with van der Waals surface area (Å²) in [5.74, 6) is -0.846. The normalized spacial score (nSPS) is 10.2. The summed E-state index contributed by atoms with van der Waals surface area (Å²) in [7, 11) is 1.36. The zero-order valence-corrected chi connectivity index (χ0v) is 10.6. The maximum absolute atomic E-state index is 10.9. The van der Waals surface area contributed by atoms with E-state index in [1.807, 2.05) is 0 Å². The number of carboxylic acids is 1. The van der Waals surface area contributed by atoms with Crippen molar-refractivity contribution >= 4 is 23.0 Å². The molecule has 1 heterocycles. The second kappa shape index (κ2) is 5.07. The van der Waals surface area contributed by atoms with Crippen LogP contribution in [-0.2, 0) is 0 Å². The molecule has 0 amide bonds. The standard InChI is InChI=1S/C12H9NO5S/c1-18-10-3-2-7(4-9(10)13(16)17)8-5-11(12(14)15)19-6-8/h2-6H,1H3,(H,14,15). The number of benzene rings is 1. The van der Waals surface area contributed by atoms with Gasteiger partial charge in [-0.1, -0.05) is 6.07 Å². The van der Waals surface area contributed by atoms with Crippen molar-refractivity contribution in [2.45, 2.75) is 0 Å². The molecule has 0 unspecified atom stereocenters. The average molecular weight is 279 g/mol. The van der Waals surface area contributed by atoms with Gasteiger partial charge in [-0.2, -0.15) is 0 Å². The van der Waals surface area contributed by atoms with Crippen LogP contribution in [0.2, 0.25) is 0 Å². The molecule has 19 heavy (non-hydrogen) atoms. The Balaban J connectivity index is 2.47. The number of hydrogen-bond acceptors (Lipinski definition) is 5. The summed E-state index contributed by atoms with van der Waals surface area (Å²) in [6, 6.07) is 6.00. The van der Waals surface area contributed by atoms with Crippen LogP contribution in [0.5, 0.6) is 5.75 Å². The van der Waals surface area contributed by atoms with Crippen LogP contribution in [0.15, 0.2) is 29.6 Å². The Morgan fingerprint density at radius 3 is 2.63 bits per heavy atom. The number of nitro benzene ring substituents is 1. The lowest BCUT2D eigenvalue weighted by atomic mass is 10.1. The number of aromatic carboxylic acids is 1. The lowest BCUT2D eigenvalue weighted by Crippen LogP contribution is -1.94. The van der Waals surface area contributed by atoms with E-state index in [1.165, 1.54) is 25.3 Å².